The number of halogens is 3. The van der Waals surface area contributed by atoms with Gasteiger partial charge < -0.3 is 15.6 Å². The highest BCUT2D eigenvalue weighted by Crippen LogP contribution is 2.30. The zero-order valence-corrected chi connectivity index (χ0v) is 9.95. The highest BCUT2D eigenvalue weighted by molar-refractivity contribution is 5.26. The summed E-state index contributed by atoms with van der Waals surface area (Å²) < 4.78 is 41.8. The Morgan fingerprint density at radius 2 is 1.83 bits per heavy atom. The van der Waals surface area contributed by atoms with Crippen LogP contribution in [0.15, 0.2) is 24.3 Å². The van der Waals surface area contributed by atoms with Gasteiger partial charge in [-0.2, -0.15) is 13.2 Å². The number of rotatable bonds is 5. The zero-order valence-electron chi connectivity index (χ0n) is 9.95. The number of hydrogen-bond donors (Lipinski definition) is 2. The van der Waals surface area contributed by atoms with Crippen molar-refractivity contribution in [3.8, 4) is 0 Å². The predicted molar refractivity (Wildman–Crippen MR) is 60.9 cm³/mol. The Labute approximate surface area is 103 Å². The number of nitrogens with two attached hydrogens (primary N) is 1. The standard InChI is InChI=1S/C12H16F3NO2/c1-18-7-10(16)6-11(17)8-2-4-9(5-3-8)12(13,14)15/h2-5,10-11,17H,6-7,16H2,1H3. The second-order valence-corrected chi connectivity index (χ2v) is 4.09. The molecule has 1 aromatic carbocycles. The van der Waals surface area contributed by atoms with Crippen LogP contribution in [0.4, 0.5) is 13.2 Å². The normalized spacial score (nSPS) is 15.4. The molecule has 0 spiro atoms. The number of benzene rings is 1. The van der Waals surface area contributed by atoms with Gasteiger partial charge in [-0.3, -0.25) is 0 Å². The second kappa shape index (κ2) is 6.17. The van der Waals surface area contributed by atoms with Crippen LogP contribution in [0.25, 0.3) is 0 Å². The molecule has 2 atom stereocenters. The van der Waals surface area contributed by atoms with Crippen LogP contribution in [0.1, 0.15) is 23.7 Å². The van der Waals surface area contributed by atoms with Crippen molar-refractivity contribution in [3.63, 3.8) is 0 Å². The summed E-state index contributed by atoms with van der Waals surface area (Å²) in [5.41, 5.74) is 5.33. The van der Waals surface area contributed by atoms with E-state index in [1.54, 1.807) is 0 Å². The lowest BCUT2D eigenvalue weighted by molar-refractivity contribution is -0.137. The Balaban J connectivity index is 2.67. The molecule has 3 N–H and O–H groups in total. The lowest BCUT2D eigenvalue weighted by Gasteiger charge is -2.16. The summed E-state index contributed by atoms with van der Waals surface area (Å²) >= 11 is 0. The summed E-state index contributed by atoms with van der Waals surface area (Å²) in [4.78, 5) is 0. The van der Waals surface area contributed by atoms with Gasteiger partial charge in [-0.25, -0.2) is 0 Å². The molecule has 2 unspecified atom stereocenters. The highest BCUT2D eigenvalue weighted by Gasteiger charge is 2.30. The van der Waals surface area contributed by atoms with E-state index >= 15 is 0 Å². The Morgan fingerprint density at radius 3 is 2.28 bits per heavy atom. The van der Waals surface area contributed by atoms with Crippen LogP contribution in [-0.4, -0.2) is 24.9 Å². The maximum atomic E-state index is 12.3. The second-order valence-electron chi connectivity index (χ2n) is 4.09. The van der Waals surface area contributed by atoms with Gasteiger partial charge in [0.2, 0.25) is 0 Å². The summed E-state index contributed by atoms with van der Waals surface area (Å²) in [5, 5.41) is 9.79. The summed E-state index contributed by atoms with van der Waals surface area (Å²) in [6.07, 6.45) is -5.02. The fourth-order valence-electron chi connectivity index (χ4n) is 1.60. The first kappa shape index (κ1) is 14.9. The molecule has 0 aliphatic heterocycles. The van der Waals surface area contributed by atoms with E-state index in [0.717, 1.165) is 12.1 Å². The SMILES string of the molecule is COCC(N)CC(O)c1ccc(C(F)(F)F)cc1. The van der Waals surface area contributed by atoms with Gasteiger partial charge in [0.1, 0.15) is 0 Å². The lowest BCUT2D eigenvalue weighted by Crippen LogP contribution is -2.27. The minimum atomic E-state index is -4.37. The van der Waals surface area contributed by atoms with Crippen molar-refractivity contribution in [3.05, 3.63) is 35.4 Å². The monoisotopic (exact) mass is 263 g/mol. The molecule has 6 heteroatoms. The molecular weight excluding hydrogens is 247 g/mol. The first-order valence-corrected chi connectivity index (χ1v) is 5.44. The van der Waals surface area contributed by atoms with Gasteiger partial charge >= 0.3 is 6.18 Å². The molecule has 0 aliphatic carbocycles. The number of alkyl halides is 3. The molecule has 0 bridgehead atoms. The van der Waals surface area contributed by atoms with Crippen molar-refractivity contribution in [1.29, 1.82) is 0 Å². The molecule has 1 rings (SSSR count). The van der Waals surface area contributed by atoms with Gasteiger partial charge in [0.15, 0.2) is 0 Å². The first-order chi connectivity index (χ1) is 8.34. The number of methoxy groups -OCH3 is 1. The van der Waals surface area contributed by atoms with Gasteiger partial charge in [0, 0.05) is 13.2 Å². The Bertz CT molecular complexity index is 365. The predicted octanol–water partition coefficient (Wildman–Crippen LogP) is 2.10. The molecule has 3 nitrogen and oxygen atoms in total. The van der Waals surface area contributed by atoms with Crippen molar-refractivity contribution in [2.75, 3.05) is 13.7 Å². The third kappa shape index (κ3) is 4.29. The average Bonchev–Trinajstić information content (AvgIpc) is 2.28. The van der Waals surface area contributed by atoms with E-state index in [4.69, 9.17) is 10.5 Å². The van der Waals surface area contributed by atoms with E-state index < -0.39 is 17.8 Å². The topological polar surface area (TPSA) is 55.5 Å². The van der Waals surface area contributed by atoms with E-state index in [9.17, 15) is 18.3 Å². The molecule has 0 aliphatic rings. The summed E-state index contributed by atoms with van der Waals surface area (Å²) in [6, 6.07) is 4.05. The third-order valence-electron chi connectivity index (χ3n) is 2.53. The molecule has 0 fully saturated rings. The van der Waals surface area contributed by atoms with Crippen LogP contribution in [0.5, 0.6) is 0 Å². The fourth-order valence-corrected chi connectivity index (χ4v) is 1.60. The van der Waals surface area contributed by atoms with Gasteiger partial charge in [-0.15, -0.1) is 0 Å². The van der Waals surface area contributed by atoms with E-state index in [1.165, 1.54) is 19.2 Å². The largest absolute Gasteiger partial charge is 0.416 e. The van der Waals surface area contributed by atoms with Crippen LogP contribution in [0, 0.1) is 0 Å². The minimum absolute atomic E-state index is 0.235. The number of hydrogen-bond acceptors (Lipinski definition) is 3. The number of aliphatic hydroxyl groups excluding tert-OH is 1. The smallest absolute Gasteiger partial charge is 0.388 e. The molecular formula is C12H16F3NO2. The number of ether oxygens (including phenoxy) is 1. The van der Waals surface area contributed by atoms with Crippen LogP contribution < -0.4 is 5.73 Å². The zero-order chi connectivity index (χ0) is 13.8. The molecule has 102 valence electrons. The third-order valence-corrected chi connectivity index (χ3v) is 2.53. The van der Waals surface area contributed by atoms with Crippen molar-refractivity contribution in [2.24, 2.45) is 5.73 Å². The van der Waals surface area contributed by atoms with Gasteiger partial charge in [-0.1, -0.05) is 12.1 Å². The molecule has 0 radical (unpaired) electrons. The highest BCUT2D eigenvalue weighted by atomic mass is 19.4. The van der Waals surface area contributed by atoms with Crippen LogP contribution in [0.3, 0.4) is 0 Å². The van der Waals surface area contributed by atoms with Crippen molar-refractivity contribution in [1.82, 2.24) is 0 Å². The number of aliphatic hydroxyl groups is 1. The van der Waals surface area contributed by atoms with E-state index in [2.05, 4.69) is 0 Å². The Hall–Kier alpha value is -1.11. The van der Waals surface area contributed by atoms with Gasteiger partial charge in [0.25, 0.3) is 0 Å². The molecule has 0 saturated heterocycles. The molecule has 0 aromatic heterocycles. The van der Waals surface area contributed by atoms with E-state index in [-0.39, 0.29) is 19.1 Å². The average molecular weight is 263 g/mol. The van der Waals surface area contributed by atoms with Crippen LogP contribution in [-0.2, 0) is 10.9 Å². The Kier molecular flexibility index (Phi) is 5.13. The Morgan fingerprint density at radius 1 is 1.28 bits per heavy atom. The maximum absolute atomic E-state index is 12.3. The van der Waals surface area contributed by atoms with Crippen LogP contribution in [0.2, 0.25) is 0 Å². The van der Waals surface area contributed by atoms with Crippen molar-refractivity contribution < 1.29 is 23.0 Å². The minimum Gasteiger partial charge on any atom is -0.388 e. The van der Waals surface area contributed by atoms with Crippen LogP contribution >= 0.6 is 0 Å². The lowest BCUT2D eigenvalue weighted by atomic mass is 10.0. The summed E-state index contributed by atoms with van der Waals surface area (Å²) in [6.45, 7) is 0.289. The summed E-state index contributed by atoms with van der Waals surface area (Å²) in [5.74, 6) is 0. The van der Waals surface area contributed by atoms with E-state index in [0.29, 0.717) is 5.56 Å². The summed E-state index contributed by atoms with van der Waals surface area (Å²) in [7, 11) is 1.49. The molecule has 1 aromatic rings. The first-order valence-electron chi connectivity index (χ1n) is 5.44. The molecule has 0 amide bonds. The molecule has 18 heavy (non-hydrogen) atoms. The van der Waals surface area contributed by atoms with Gasteiger partial charge in [-0.05, 0) is 24.1 Å². The molecule has 0 saturated carbocycles. The maximum Gasteiger partial charge on any atom is 0.416 e. The van der Waals surface area contributed by atoms with Crippen molar-refractivity contribution >= 4 is 0 Å². The van der Waals surface area contributed by atoms with Gasteiger partial charge in [0.05, 0.1) is 18.3 Å². The molecule has 0 heterocycles. The fraction of sp³-hybridized carbons (Fsp3) is 0.500. The van der Waals surface area contributed by atoms with E-state index in [1.807, 2.05) is 0 Å². The van der Waals surface area contributed by atoms with Crippen molar-refractivity contribution in [2.45, 2.75) is 24.7 Å². The quantitative estimate of drug-likeness (QED) is 0.855.